The average molecular weight is 386 g/mol. The Morgan fingerprint density at radius 1 is 1.07 bits per heavy atom. The number of carbonyl (C=O) groups excluding carboxylic acids is 2. The molecule has 3 aromatic rings. The molecule has 1 aromatic heterocycles. The summed E-state index contributed by atoms with van der Waals surface area (Å²) in [6.07, 6.45) is 1.55. The van der Waals surface area contributed by atoms with Crippen molar-refractivity contribution in [1.82, 2.24) is 14.9 Å². The molecule has 2 heterocycles. The molecule has 2 aromatic carbocycles. The maximum atomic E-state index is 13.3. The Morgan fingerprint density at radius 2 is 1.76 bits per heavy atom. The summed E-state index contributed by atoms with van der Waals surface area (Å²) in [4.78, 5) is 39.0. The summed E-state index contributed by atoms with van der Waals surface area (Å²) in [5.74, 6) is 0.183. The maximum Gasteiger partial charge on any atom is 0.246 e. The van der Waals surface area contributed by atoms with E-state index in [1.807, 2.05) is 75.6 Å². The van der Waals surface area contributed by atoms with Crippen molar-refractivity contribution in [3.63, 3.8) is 0 Å². The van der Waals surface area contributed by atoms with Gasteiger partial charge in [0.2, 0.25) is 5.91 Å². The lowest BCUT2D eigenvalue weighted by Gasteiger charge is -2.25. The number of amides is 1. The van der Waals surface area contributed by atoms with Crippen molar-refractivity contribution >= 4 is 23.2 Å². The van der Waals surface area contributed by atoms with Crippen LogP contribution in [0.2, 0.25) is 0 Å². The first-order valence-electron chi connectivity index (χ1n) is 9.50. The molecule has 0 radical (unpaired) electrons. The van der Waals surface area contributed by atoms with E-state index in [1.165, 1.54) is 0 Å². The minimum absolute atomic E-state index is 0.0905. The van der Waals surface area contributed by atoms with Crippen molar-refractivity contribution in [2.24, 2.45) is 0 Å². The van der Waals surface area contributed by atoms with E-state index in [-0.39, 0.29) is 18.2 Å². The number of fused-ring (bicyclic) bond motifs is 2. The zero-order chi connectivity index (χ0) is 20.5. The molecule has 4 rings (SSSR count). The van der Waals surface area contributed by atoms with Gasteiger partial charge in [-0.05, 0) is 25.7 Å². The highest BCUT2D eigenvalue weighted by molar-refractivity contribution is 6.13. The molecule has 1 aliphatic heterocycles. The highest BCUT2D eigenvalue weighted by atomic mass is 16.2. The lowest BCUT2D eigenvalue weighted by molar-refractivity contribution is -0.118. The Labute approximate surface area is 169 Å². The Kier molecular flexibility index (Phi) is 4.94. The van der Waals surface area contributed by atoms with Crippen LogP contribution >= 0.6 is 0 Å². The van der Waals surface area contributed by atoms with Crippen LogP contribution in [0.15, 0.2) is 60.8 Å². The van der Waals surface area contributed by atoms with Crippen molar-refractivity contribution in [3.05, 3.63) is 71.9 Å². The third-order valence-electron chi connectivity index (χ3n) is 5.02. The summed E-state index contributed by atoms with van der Waals surface area (Å²) in [6.45, 7) is 2.05. The lowest BCUT2D eigenvalue weighted by Crippen LogP contribution is -2.36. The van der Waals surface area contributed by atoms with Crippen molar-refractivity contribution < 1.29 is 9.59 Å². The van der Waals surface area contributed by atoms with Crippen LogP contribution in [-0.2, 0) is 4.79 Å². The van der Waals surface area contributed by atoms with Crippen LogP contribution < -0.4 is 4.90 Å². The Hall–Kier alpha value is -3.38. The summed E-state index contributed by atoms with van der Waals surface area (Å²) in [5, 5.41) is 0. The highest BCUT2D eigenvalue weighted by Crippen LogP contribution is 2.40. The number of Topliss-reactive ketones (excluding diaryl/α,β-unsaturated/α-hetero) is 1. The quantitative estimate of drug-likeness (QED) is 0.687. The van der Waals surface area contributed by atoms with Crippen LogP contribution in [0.25, 0.3) is 11.4 Å². The number of aromatic nitrogens is 2. The second-order valence-electron chi connectivity index (χ2n) is 7.41. The number of benzene rings is 2. The van der Waals surface area contributed by atoms with Crippen LogP contribution in [0.1, 0.15) is 28.8 Å². The smallest absolute Gasteiger partial charge is 0.246 e. The fraction of sp³-hybridized carbons (Fsp3) is 0.217. The predicted octanol–water partition coefficient (Wildman–Crippen LogP) is 3.67. The number of ketones is 1. The van der Waals surface area contributed by atoms with Gasteiger partial charge in [-0.2, -0.15) is 0 Å². The van der Waals surface area contributed by atoms with Crippen molar-refractivity contribution in [2.45, 2.75) is 12.8 Å². The standard InChI is InChI=1S/C23H22N4O2/c1-15-17-11-7-8-12-19(17)27(20(28)14-26(2)3)23-18(21(15)29)13-24-22(25-23)16-9-5-4-6-10-16/h4-13,15H,14H2,1-3H3. The first kappa shape index (κ1) is 19.0. The molecule has 6 nitrogen and oxygen atoms in total. The summed E-state index contributed by atoms with van der Waals surface area (Å²) in [7, 11) is 3.68. The second-order valence-corrected chi connectivity index (χ2v) is 7.41. The minimum Gasteiger partial charge on any atom is -0.301 e. The molecule has 0 N–H and O–H groups in total. The molecule has 1 amide bonds. The van der Waals surface area contributed by atoms with E-state index >= 15 is 0 Å². The van der Waals surface area contributed by atoms with E-state index in [2.05, 4.69) is 4.98 Å². The number of likely N-dealkylation sites (N-methyl/N-ethyl adjacent to an activating group) is 1. The Balaban J connectivity index is 1.96. The maximum absolute atomic E-state index is 13.3. The number of hydrogen-bond acceptors (Lipinski definition) is 5. The van der Waals surface area contributed by atoms with Crippen LogP contribution in [0.5, 0.6) is 0 Å². The van der Waals surface area contributed by atoms with E-state index in [0.717, 1.165) is 11.1 Å². The number of anilines is 2. The van der Waals surface area contributed by atoms with E-state index < -0.39 is 5.92 Å². The molecule has 0 spiro atoms. The van der Waals surface area contributed by atoms with Gasteiger partial charge >= 0.3 is 0 Å². The van der Waals surface area contributed by atoms with E-state index in [0.29, 0.717) is 22.9 Å². The zero-order valence-corrected chi connectivity index (χ0v) is 16.7. The molecule has 0 bridgehead atoms. The normalized spacial score (nSPS) is 15.7. The lowest BCUT2D eigenvalue weighted by atomic mass is 9.93. The molecule has 146 valence electrons. The molecule has 1 atom stereocenters. The molecule has 6 heteroatoms. The van der Waals surface area contributed by atoms with Gasteiger partial charge in [-0.25, -0.2) is 9.97 Å². The van der Waals surface area contributed by atoms with E-state index in [9.17, 15) is 9.59 Å². The van der Waals surface area contributed by atoms with Gasteiger partial charge in [0.1, 0.15) is 0 Å². The average Bonchev–Trinajstić information content (AvgIpc) is 2.81. The molecule has 0 saturated heterocycles. The number of para-hydroxylation sites is 1. The van der Waals surface area contributed by atoms with Gasteiger partial charge in [0, 0.05) is 17.7 Å². The van der Waals surface area contributed by atoms with Crippen LogP contribution in [0, 0.1) is 0 Å². The highest BCUT2D eigenvalue weighted by Gasteiger charge is 2.35. The zero-order valence-electron chi connectivity index (χ0n) is 16.7. The van der Waals surface area contributed by atoms with Gasteiger partial charge in [-0.15, -0.1) is 0 Å². The predicted molar refractivity (Wildman–Crippen MR) is 112 cm³/mol. The molecular weight excluding hydrogens is 364 g/mol. The van der Waals surface area contributed by atoms with Gasteiger partial charge in [0.15, 0.2) is 17.4 Å². The molecule has 0 fully saturated rings. The topological polar surface area (TPSA) is 66.4 Å². The minimum atomic E-state index is -0.395. The number of hydrogen-bond donors (Lipinski definition) is 0. The monoisotopic (exact) mass is 386 g/mol. The van der Waals surface area contributed by atoms with E-state index in [4.69, 9.17) is 4.98 Å². The molecule has 1 unspecified atom stereocenters. The van der Waals surface area contributed by atoms with Crippen molar-refractivity contribution in [1.29, 1.82) is 0 Å². The van der Waals surface area contributed by atoms with Gasteiger partial charge in [-0.3, -0.25) is 14.5 Å². The summed E-state index contributed by atoms with van der Waals surface area (Å²) >= 11 is 0. The summed E-state index contributed by atoms with van der Waals surface area (Å²) in [5.41, 5.74) is 2.69. The van der Waals surface area contributed by atoms with Crippen molar-refractivity contribution in [2.75, 3.05) is 25.5 Å². The summed E-state index contributed by atoms with van der Waals surface area (Å²) < 4.78 is 0. The molecular formula is C23H22N4O2. The molecule has 29 heavy (non-hydrogen) atoms. The molecule has 0 saturated carbocycles. The summed E-state index contributed by atoms with van der Waals surface area (Å²) in [6, 6.07) is 17.1. The first-order valence-corrected chi connectivity index (χ1v) is 9.50. The van der Waals surface area contributed by atoms with Crippen LogP contribution in [0.3, 0.4) is 0 Å². The van der Waals surface area contributed by atoms with E-state index in [1.54, 1.807) is 16.0 Å². The first-order chi connectivity index (χ1) is 14.0. The van der Waals surface area contributed by atoms with Crippen molar-refractivity contribution in [3.8, 4) is 11.4 Å². The van der Waals surface area contributed by atoms with Crippen LogP contribution in [0.4, 0.5) is 11.5 Å². The Bertz CT molecular complexity index is 1080. The fourth-order valence-electron chi connectivity index (χ4n) is 3.58. The van der Waals surface area contributed by atoms with Crippen LogP contribution in [-0.4, -0.2) is 47.2 Å². The van der Waals surface area contributed by atoms with Gasteiger partial charge in [0.25, 0.3) is 0 Å². The SMILES string of the molecule is CC1C(=O)c2cnc(-c3ccccc3)nc2N(C(=O)CN(C)C)c2ccccc21. The molecule has 0 aliphatic carbocycles. The van der Waals surface area contributed by atoms with Gasteiger partial charge < -0.3 is 4.90 Å². The third kappa shape index (κ3) is 3.43. The number of rotatable bonds is 3. The number of carbonyl (C=O) groups is 2. The third-order valence-corrected chi connectivity index (χ3v) is 5.02. The van der Waals surface area contributed by atoms with Gasteiger partial charge in [0.05, 0.1) is 17.8 Å². The largest absolute Gasteiger partial charge is 0.301 e. The second kappa shape index (κ2) is 7.56. The number of nitrogens with zero attached hydrogens (tertiary/aromatic N) is 4. The molecule has 1 aliphatic rings. The van der Waals surface area contributed by atoms with Gasteiger partial charge in [-0.1, -0.05) is 55.5 Å². The fourth-order valence-corrected chi connectivity index (χ4v) is 3.58. The Morgan fingerprint density at radius 3 is 2.48 bits per heavy atom.